The quantitative estimate of drug-likeness (QED) is 0.567. The fourth-order valence-corrected chi connectivity index (χ4v) is 0.950. The van der Waals surface area contributed by atoms with Crippen LogP contribution in [0.4, 0.5) is 0 Å². The zero-order chi connectivity index (χ0) is 9.23. The van der Waals surface area contributed by atoms with Gasteiger partial charge in [0, 0.05) is 13.2 Å². The number of hydrogen-bond acceptors (Lipinski definition) is 2. The smallest absolute Gasteiger partial charge is 0.0488 e. The first-order chi connectivity index (χ1) is 5.77. The Morgan fingerprint density at radius 1 is 1.25 bits per heavy atom. The fourth-order valence-electron chi connectivity index (χ4n) is 0.950. The first kappa shape index (κ1) is 11.9. The molecular formula is C10H23NO. The normalized spacial score (nSPS) is 11.0. The van der Waals surface area contributed by atoms with Gasteiger partial charge in [-0.2, -0.15) is 0 Å². The van der Waals surface area contributed by atoms with Crippen LogP contribution in [0.3, 0.4) is 0 Å². The molecule has 0 atom stereocenters. The lowest BCUT2D eigenvalue weighted by molar-refractivity contribution is 0.107. The molecule has 0 aromatic carbocycles. The molecule has 0 bridgehead atoms. The summed E-state index contributed by atoms with van der Waals surface area (Å²) in [6.07, 6.45) is 2.41. The predicted octanol–water partition coefficient (Wildman–Crippen LogP) is 2.05. The third-order valence-corrected chi connectivity index (χ3v) is 1.59. The van der Waals surface area contributed by atoms with Crippen LogP contribution >= 0.6 is 0 Å². The van der Waals surface area contributed by atoms with E-state index >= 15 is 0 Å². The standard InChI is InChI=1S/C10H23NO/c1-4-11-7-5-6-8-12-9-10(2)3/h10-11H,4-9H2,1-3H3. The second-order valence-electron chi connectivity index (χ2n) is 3.53. The number of unbranched alkanes of at least 4 members (excludes halogenated alkanes) is 1. The van der Waals surface area contributed by atoms with Crippen molar-refractivity contribution in [2.45, 2.75) is 33.6 Å². The van der Waals surface area contributed by atoms with Crippen molar-refractivity contribution < 1.29 is 4.74 Å². The minimum Gasteiger partial charge on any atom is -0.381 e. The molecule has 0 aliphatic heterocycles. The molecule has 0 aliphatic rings. The maximum atomic E-state index is 5.45. The Labute approximate surface area is 76.7 Å². The van der Waals surface area contributed by atoms with Crippen molar-refractivity contribution in [3.63, 3.8) is 0 Å². The molecule has 0 heterocycles. The topological polar surface area (TPSA) is 21.3 Å². The maximum absolute atomic E-state index is 5.45. The number of nitrogens with one attached hydrogen (secondary N) is 1. The zero-order valence-electron chi connectivity index (χ0n) is 8.73. The molecule has 0 spiro atoms. The van der Waals surface area contributed by atoms with E-state index in [0.29, 0.717) is 5.92 Å². The number of rotatable bonds is 8. The molecular weight excluding hydrogens is 150 g/mol. The monoisotopic (exact) mass is 173 g/mol. The van der Waals surface area contributed by atoms with Crippen LogP contribution in [0, 0.1) is 5.92 Å². The first-order valence-electron chi connectivity index (χ1n) is 5.05. The highest BCUT2D eigenvalue weighted by Gasteiger charge is 1.93. The molecule has 0 fully saturated rings. The Morgan fingerprint density at radius 2 is 2.00 bits per heavy atom. The molecule has 2 nitrogen and oxygen atoms in total. The van der Waals surface area contributed by atoms with Gasteiger partial charge in [-0.1, -0.05) is 20.8 Å². The lowest BCUT2D eigenvalue weighted by Gasteiger charge is -2.06. The van der Waals surface area contributed by atoms with E-state index in [9.17, 15) is 0 Å². The molecule has 0 aliphatic carbocycles. The summed E-state index contributed by atoms with van der Waals surface area (Å²) in [5.41, 5.74) is 0. The van der Waals surface area contributed by atoms with Gasteiger partial charge >= 0.3 is 0 Å². The Morgan fingerprint density at radius 3 is 2.58 bits per heavy atom. The summed E-state index contributed by atoms with van der Waals surface area (Å²) in [6, 6.07) is 0. The van der Waals surface area contributed by atoms with Gasteiger partial charge in [-0.3, -0.25) is 0 Å². The van der Waals surface area contributed by atoms with E-state index in [4.69, 9.17) is 4.74 Å². The number of hydrogen-bond donors (Lipinski definition) is 1. The molecule has 0 saturated carbocycles. The van der Waals surface area contributed by atoms with Gasteiger partial charge in [0.1, 0.15) is 0 Å². The molecule has 0 radical (unpaired) electrons. The molecule has 0 rings (SSSR count). The molecule has 74 valence electrons. The van der Waals surface area contributed by atoms with E-state index in [0.717, 1.165) is 26.3 Å². The van der Waals surface area contributed by atoms with Gasteiger partial charge in [-0.15, -0.1) is 0 Å². The van der Waals surface area contributed by atoms with E-state index in [1.54, 1.807) is 0 Å². The van der Waals surface area contributed by atoms with E-state index in [1.807, 2.05) is 0 Å². The van der Waals surface area contributed by atoms with Crippen molar-refractivity contribution in [2.75, 3.05) is 26.3 Å². The van der Waals surface area contributed by atoms with Crippen LogP contribution in [0.5, 0.6) is 0 Å². The molecule has 0 amide bonds. The van der Waals surface area contributed by atoms with E-state index in [1.165, 1.54) is 12.8 Å². The Kier molecular flexibility index (Phi) is 8.95. The van der Waals surface area contributed by atoms with Crippen molar-refractivity contribution in [3.8, 4) is 0 Å². The number of ether oxygens (including phenoxy) is 1. The lowest BCUT2D eigenvalue weighted by atomic mass is 10.2. The van der Waals surface area contributed by atoms with Gasteiger partial charge in [0.25, 0.3) is 0 Å². The molecule has 0 unspecified atom stereocenters. The SMILES string of the molecule is CCNCCCCOCC(C)C. The van der Waals surface area contributed by atoms with Crippen LogP contribution in [0.25, 0.3) is 0 Å². The average Bonchev–Trinajstić information content (AvgIpc) is 2.02. The summed E-state index contributed by atoms with van der Waals surface area (Å²) in [6.45, 7) is 10.5. The molecule has 12 heavy (non-hydrogen) atoms. The molecule has 0 aromatic heterocycles. The third kappa shape index (κ3) is 9.92. The fraction of sp³-hybridized carbons (Fsp3) is 1.00. The summed E-state index contributed by atoms with van der Waals surface area (Å²) < 4.78 is 5.45. The molecule has 2 heteroatoms. The van der Waals surface area contributed by atoms with Crippen molar-refractivity contribution >= 4 is 0 Å². The zero-order valence-corrected chi connectivity index (χ0v) is 8.73. The van der Waals surface area contributed by atoms with Gasteiger partial charge in [0.2, 0.25) is 0 Å². The van der Waals surface area contributed by atoms with Crippen molar-refractivity contribution in [1.29, 1.82) is 0 Å². The van der Waals surface area contributed by atoms with Crippen LogP contribution in [-0.2, 0) is 4.74 Å². The summed E-state index contributed by atoms with van der Waals surface area (Å²) in [4.78, 5) is 0. The highest BCUT2D eigenvalue weighted by Crippen LogP contribution is 1.94. The van der Waals surface area contributed by atoms with Crippen LogP contribution in [0.1, 0.15) is 33.6 Å². The van der Waals surface area contributed by atoms with Crippen LogP contribution < -0.4 is 5.32 Å². The first-order valence-corrected chi connectivity index (χ1v) is 5.05. The lowest BCUT2D eigenvalue weighted by Crippen LogP contribution is -2.14. The maximum Gasteiger partial charge on any atom is 0.0488 e. The van der Waals surface area contributed by atoms with Crippen LogP contribution in [0.15, 0.2) is 0 Å². The van der Waals surface area contributed by atoms with Crippen LogP contribution in [-0.4, -0.2) is 26.3 Å². The minimum atomic E-state index is 0.666. The highest BCUT2D eigenvalue weighted by molar-refractivity contribution is 4.45. The molecule has 0 aromatic rings. The van der Waals surface area contributed by atoms with Crippen molar-refractivity contribution in [1.82, 2.24) is 5.32 Å². The largest absolute Gasteiger partial charge is 0.381 e. The van der Waals surface area contributed by atoms with E-state index in [2.05, 4.69) is 26.1 Å². The van der Waals surface area contributed by atoms with Crippen molar-refractivity contribution in [2.24, 2.45) is 5.92 Å². The third-order valence-electron chi connectivity index (χ3n) is 1.59. The van der Waals surface area contributed by atoms with Crippen molar-refractivity contribution in [3.05, 3.63) is 0 Å². The molecule has 1 N–H and O–H groups in total. The van der Waals surface area contributed by atoms with Gasteiger partial charge in [0.15, 0.2) is 0 Å². The summed E-state index contributed by atoms with van der Waals surface area (Å²) in [5, 5.41) is 3.29. The summed E-state index contributed by atoms with van der Waals surface area (Å²) in [7, 11) is 0. The van der Waals surface area contributed by atoms with Gasteiger partial charge in [0.05, 0.1) is 0 Å². The predicted molar refractivity (Wildman–Crippen MR) is 53.4 cm³/mol. The second-order valence-corrected chi connectivity index (χ2v) is 3.53. The minimum absolute atomic E-state index is 0.666. The Bertz CT molecular complexity index is 83.9. The Balaban J connectivity index is 2.82. The van der Waals surface area contributed by atoms with Gasteiger partial charge < -0.3 is 10.1 Å². The second kappa shape index (κ2) is 9.01. The highest BCUT2D eigenvalue weighted by atomic mass is 16.5. The Hall–Kier alpha value is -0.0800. The van der Waals surface area contributed by atoms with Gasteiger partial charge in [-0.05, 0) is 31.8 Å². The molecule has 0 saturated heterocycles. The van der Waals surface area contributed by atoms with E-state index in [-0.39, 0.29) is 0 Å². The van der Waals surface area contributed by atoms with Gasteiger partial charge in [-0.25, -0.2) is 0 Å². The van der Waals surface area contributed by atoms with E-state index < -0.39 is 0 Å². The van der Waals surface area contributed by atoms with Crippen LogP contribution in [0.2, 0.25) is 0 Å². The average molecular weight is 173 g/mol. The summed E-state index contributed by atoms with van der Waals surface area (Å²) in [5.74, 6) is 0.666. The summed E-state index contributed by atoms with van der Waals surface area (Å²) >= 11 is 0.